The van der Waals surface area contributed by atoms with Gasteiger partial charge in [-0.3, -0.25) is 0 Å². The molecule has 0 unspecified atom stereocenters. The minimum absolute atomic E-state index is 0.484. The zero-order valence-electron chi connectivity index (χ0n) is 12.3. The predicted octanol–water partition coefficient (Wildman–Crippen LogP) is 5.58. The number of pyridine rings is 1. The van der Waals surface area contributed by atoms with Crippen molar-refractivity contribution < 1.29 is 0 Å². The van der Waals surface area contributed by atoms with Crippen LogP contribution in [0.4, 0.5) is 10.9 Å². The summed E-state index contributed by atoms with van der Waals surface area (Å²) in [6, 6.07) is 14.1. The number of aryl methyl sites for hydroxylation is 2. The molecule has 0 amide bonds. The van der Waals surface area contributed by atoms with Gasteiger partial charge < -0.3 is 5.32 Å². The van der Waals surface area contributed by atoms with Crippen LogP contribution in [0.3, 0.4) is 0 Å². The van der Waals surface area contributed by atoms with Gasteiger partial charge in [0.1, 0.15) is 11.0 Å². The molecule has 0 bridgehead atoms. The lowest BCUT2D eigenvalue weighted by molar-refractivity contribution is 0.900. The van der Waals surface area contributed by atoms with Gasteiger partial charge in [0.25, 0.3) is 0 Å². The first kappa shape index (κ1) is 15.0. The largest absolute Gasteiger partial charge is 0.316 e. The van der Waals surface area contributed by atoms with Crippen LogP contribution in [0.5, 0.6) is 0 Å². The molecule has 0 spiro atoms. The van der Waals surface area contributed by atoms with Crippen LogP contribution in [-0.4, -0.2) is 9.97 Å². The number of benzene rings is 1. The smallest absolute Gasteiger partial charge is 0.188 e. The predicted molar refractivity (Wildman–Crippen MR) is 97.2 cm³/mol. The standard InChI is InChI=1S/C17H14ClN3S2/c18-15-9-12(22-11-5-2-1-3-6-11)10-16(20-15)21-17-19-13-7-4-8-14(13)23-17/h1-3,5-6,9-10H,4,7-8H2,(H,19,20,21). The van der Waals surface area contributed by atoms with Crippen LogP contribution in [0.25, 0.3) is 0 Å². The monoisotopic (exact) mass is 359 g/mol. The van der Waals surface area contributed by atoms with E-state index in [-0.39, 0.29) is 0 Å². The van der Waals surface area contributed by atoms with E-state index in [0.717, 1.165) is 28.7 Å². The average molecular weight is 360 g/mol. The molecule has 3 nitrogen and oxygen atoms in total. The van der Waals surface area contributed by atoms with E-state index in [9.17, 15) is 0 Å². The van der Waals surface area contributed by atoms with Gasteiger partial charge in [-0.05, 0) is 43.5 Å². The maximum Gasteiger partial charge on any atom is 0.188 e. The normalized spacial score (nSPS) is 13.1. The van der Waals surface area contributed by atoms with Gasteiger partial charge in [-0.1, -0.05) is 41.6 Å². The van der Waals surface area contributed by atoms with E-state index in [4.69, 9.17) is 11.6 Å². The first-order valence-corrected chi connectivity index (χ1v) is 9.43. The topological polar surface area (TPSA) is 37.8 Å². The van der Waals surface area contributed by atoms with Crippen LogP contribution >= 0.6 is 34.7 Å². The summed E-state index contributed by atoms with van der Waals surface area (Å²) in [5.74, 6) is 0.739. The van der Waals surface area contributed by atoms with E-state index in [1.54, 1.807) is 23.1 Å². The molecule has 0 atom stereocenters. The van der Waals surface area contributed by atoms with Crippen LogP contribution < -0.4 is 5.32 Å². The Morgan fingerprint density at radius 3 is 2.74 bits per heavy atom. The highest BCUT2D eigenvalue weighted by Crippen LogP contribution is 2.34. The first-order chi connectivity index (χ1) is 11.3. The van der Waals surface area contributed by atoms with Crippen LogP contribution in [0.2, 0.25) is 5.15 Å². The van der Waals surface area contributed by atoms with Crippen molar-refractivity contribution in [2.24, 2.45) is 0 Å². The zero-order chi connectivity index (χ0) is 15.6. The van der Waals surface area contributed by atoms with Gasteiger partial charge in [-0.15, -0.1) is 11.3 Å². The molecular weight excluding hydrogens is 346 g/mol. The fourth-order valence-electron chi connectivity index (χ4n) is 2.57. The second kappa shape index (κ2) is 6.51. The van der Waals surface area contributed by atoms with E-state index in [2.05, 4.69) is 27.4 Å². The molecule has 3 aromatic rings. The lowest BCUT2D eigenvalue weighted by Crippen LogP contribution is -1.94. The van der Waals surface area contributed by atoms with E-state index in [0.29, 0.717) is 5.15 Å². The molecule has 0 radical (unpaired) electrons. The number of thiazole rings is 1. The fraction of sp³-hybridized carbons (Fsp3) is 0.176. The molecule has 1 aliphatic carbocycles. The van der Waals surface area contributed by atoms with Crippen molar-refractivity contribution >= 4 is 45.6 Å². The number of halogens is 1. The summed E-state index contributed by atoms with van der Waals surface area (Å²) in [4.78, 5) is 12.6. The van der Waals surface area contributed by atoms with E-state index < -0.39 is 0 Å². The Morgan fingerprint density at radius 1 is 1.04 bits per heavy atom. The Balaban J connectivity index is 1.56. The number of nitrogens with one attached hydrogen (secondary N) is 1. The Bertz CT molecular complexity index is 812. The summed E-state index contributed by atoms with van der Waals surface area (Å²) < 4.78 is 0. The van der Waals surface area contributed by atoms with Gasteiger partial charge >= 0.3 is 0 Å². The molecule has 2 aromatic heterocycles. The second-order valence-electron chi connectivity index (χ2n) is 5.29. The third kappa shape index (κ3) is 3.52. The van der Waals surface area contributed by atoms with Crippen LogP contribution in [0.1, 0.15) is 17.0 Å². The fourth-order valence-corrected chi connectivity index (χ4v) is 4.81. The Hall–Kier alpha value is -1.56. The molecule has 6 heteroatoms. The second-order valence-corrected chi connectivity index (χ2v) is 7.91. The molecule has 0 saturated heterocycles. The maximum absolute atomic E-state index is 6.18. The Morgan fingerprint density at radius 2 is 1.91 bits per heavy atom. The molecule has 0 aliphatic heterocycles. The van der Waals surface area contributed by atoms with Gasteiger partial charge in [-0.25, -0.2) is 9.97 Å². The van der Waals surface area contributed by atoms with Crippen molar-refractivity contribution in [3.63, 3.8) is 0 Å². The van der Waals surface area contributed by atoms with Crippen LogP contribution in [0, 0.1) is 0 Å². The maximum atomic E-state index is 6.18. The summed E-state index contributed by atoms with van der Waals surface area (Å²) >= 11 is 9.57. The molecule has 1 aliphatic rings. The number of nitrogens with zero attached hydrogens (tertiary/aromatic N) is 2. The number of hydrogen-bond donors (Lipinski definition) is 1. The molecular formula is C17H14ClN3S2. The van der Waals surface area contributed by atoms with Crippen molar-refractivity contribution in [1.29, 1.82) is 0 Å². The Kier molecular flexibility index (Phi) is 4.25. The van der Waals surface area contributed by atoms with Gasteiger partial charge in [0, 0.05) is 14.7 Å². The number of rotatable bonds is 4. The van der Waals surface area contributed by atoms with Crippen LogP contribution in [0.15, 0.2) is 52.3 Å². The van der Waals surface area contributed by atoms with Gasteiger partial charge in [0.05, 0.1) is 5.69 Å². The molecule has 1 N–H and O–H groups in total. The summed E-state index contributed by atoms with van der Waals surface area (Å²) in [7, 11) is 0. The number of fused-ring (bicyclic) bond motifs is 1. The molecule has 1 aromatic carbocycles. The van der Waals surface area contributed by atoms with Crippen molar-refractivity contribution in [3.8, 4) is 0 Å². The molecule has 0 fully saturated rings. The highest BCUT2D eigenvalue weighted by Gasteiger charge is 2.17. The number of aromatic nitrogens is 2. The summed E-state index contributed by atoms with van der Waals surface area (Å²) in [5.41, 5.74) is 1.23. The average Bonchev–Trinajstić information content (AvgIpc) is 3.09. The third-order valence-electron chi connectivity index (χ3n) is 3.58. The van der Waals surface area contributed by atoms with Gasteiger partial charge in [-0.2, -0.15) is 0 Å². The number of anilines is 2. The third-order valence-corrected chi connectivity index (χ3v) is 5.82. The summed E-state index contributed by atoms with van der Waals surface area (Å²) in [6.45, 7) is 0. The summed E-state index contributed by atoms with van der Waals surface area (Å²) in [5, 5.41) is 4.69. The minimum atomic E-state index is 0.484. The first-order valence-electron chi connectivity index (χ1n) is 7.42. The zero-order valence-corrected chi connectivity index (χ0v) is 14.6. The quantitative estimate of drug-likeness (QED) is 0.617. The molecule has 4 rings (SSSR count). The molecule has 0 saturated carbocycles. The molecule has 2 heterocycles. The van der Waals surface area contributed by atoms with Crippen molar-refractivity contribution in [1.82, 2.24) is 9.97 Å². The van der Waals surface area contributed by atoms with Crippen molar-refractivity contribution in [2.45, 2.75) is 29.1 Å². The Labute approximate surface area is 148 Å². The van der Waals surface area contributed by atoms with E-state index >= 15 is 0 Å². The minimum Gasteiger partial charge on any atom is -0.316 e. The van der Waals surface area contributed by atoms with Crippen molar-refractivity contribution in [2.75, 3.05) is 5.32 Å². The van der Waals surface area contributed by atoms with Gasteiger partial charge in [0.2, 0.25) is 0 Å². The van der Waals surface area contributed by atoms with E-state index in [1.165, 1.54) is 21.9 Å². The molecule has 23 heavy (non-hydrogen) atoms. The van der Waals surface area contributed by atoms with Crippen LogP contribution in [-0.2, 0) is 12.8 Å². The lowest BCUT2D eigenvalue weighted by atomic mass is 10.4. The number of hydrogen-bond acceptors (Lipinski definition) is 5. The highest BCUT2D eigenvalue weighted by atomic mass is 35.5. The highest BCUT2D eigenvalue weighted by molar-refractivity contribution is 7.99. The lowest BCUT2D eigenvalue weighted by Gasteiger charge is -2.06. The van der Waals surface area contributed by atoms with Gasteiger partial charge in [0.15, 0.2) is 5.13 Å². The molecule has 116 valence electrons. The van der Waals surface area contributed by atoms with Crippen molar-refractivity contribution in [3.05, 3.63) is 58.2 Å². The summed E-state index contributed by atoms with van der Waals surface area (Å²) in [6.07, 6.45) is 3.46. The van der Waals surface area contributed by atoms with E-state index in [1.807, 2.05) is 30.3 Å². The SMILES string of the molecule is Clc1cc(Sc2ccccc2)cc(Nc2nc3c(s2)CCC3)n1.